The summed E-state index contributed by atoms with van der Waals surface area (Å²) in [7, 11) is 0. The van der Waals surface area contributed by atoms with Gasteiger partial charge in [0.1, 0.15) is 5.69 Å². The summed E-state index contributed by atoms with van der Waals surface area (Å²) in [5.41, 5.74) is -5.55. The van der Waals surface area contributed by atoms with Crippen LogP contribution in [0.3, 0.4) is 0 Å². The minimum absolute atomic E-state index is 0.482. The Morgan fingerprint density at radius 3 is 1.72 bits per heavy atom. The van der Waals surface area contributed by atoms with Gasteiger partial charge in [0.15, 0.2) is 0 Å². The van der Waals surface area contributed by atoms with E-state index in [1.165, 1.54) is 12.1 Å². The standard InChI is InChI=1S/C19H10F6N2O2/c20-18(21,22)14-7-3-1-5-11(14)12-9-10-26-16(17(12)27(28)29)13-6-2-4-8-15(13)19(23,24)25/h1-10H. The number of aromatic nitrogens is 1. The summed E-state index contributed by atoms with van der Waals surface area (Å²) in [4.78, 5) is 14.4. The molecule has 4 nitrogen and oxygen atoms in total. The van der Waals surface area contributed by atoms with Crippen molar-refractivity contribution in [1.29, 1.82) is 0 Å². The van der Waals surface area contributed by atoms with Crippen molar-refractivity contribution < 1.29 is 31.3 Å². The van der Waals surface area contributed by atoms with Gasteiger partial charge in [0.2, 0.25) is 0 Å². The van der Waals surface area contributed by atoms with E-state index < -0.39 is 56.5 Å². The van der Waals surface area contributed by atoms with Crippen molar-refractivity contribution in [2.75, 3.05) is 0 Å². The van der Waals surface area contributed by atoms with Crippen LogP contribution in [0.25, 0.3) is 22.4 Å². The third kappa shape index (κ3) is 3.91. The van der Waals surface area contributed by atoms with E-state index in [9.17, 15) is 36.5 Å². The average Bonchev–Trinajstić information content (AvgIpc) is 2.66. The molecule has 0 bridgehead atoms. The molecule has 3 rings (SSSR count). The highest BCUT2D eigenvalue weighted by molar-refractivity contribution is 5.86. The van der Waals surface area contributed by atoms with Crippen molar-refractivity contribution in [3.05, 3.63) is 82.0 Å². The Morgan fingerprint density at radius 2 is 1.21 bits per heavy atom. The van der Waals surface area contributed by atoms with Crippen LogP contribution in [-0.2, 0) is 12.4 Å². The summed E-state index contributed by atoms with van der Waals surface area (Å²) >= 11 is 0. The highest BCUT2D eigenvalue weighted by atomic mass is 19.4. The lowest BCUT2D eigenvalue weighted by Gasteiger charge is -2.15. The van der Waals surface area contributed by atoms with E-state index in [-0.39, 0.29) is 0 Å². The summed E-state index contributed by atoms with van der Waals surface area (Å²) in [5, 5.41) is 11.7. The van der Waals surface area contributed by atoms with Gasteiger partial charge in [-0.05, 0) is 18.2 Å². The van der Waals surface area contributed by atoms with Gasteiger partial charge in [-0.1, -0.05) is 36.4 Å². The number of nitro groups is 1. The van der Waals surface area contributed by atoms with E-state index in [1.54, 1.807) is 0 Å². The van der Waals surface area contributed by atoms with Gasteiger partial charge in [-0.2, -0.15) is 26.3 Å². The Labute approximate surface area is 159 Å². The number of hydrogen-bond donors (Lipinski definition) is 0. The Kier molecular flexibility index (Phi) is 5.04. The maximum atomic E-state index is 13.4. The van der Waals surface area contributed by atoms with E-state index in [2.05, 4.69) is 4.98 Å². The molecule has 2 aromatic carbocycles. The van der Waals surface area contributed by atoms with Gasteiger partial charge in [-0.15, -0.1) is 0 Å². The molecule has 150 valence electrons. The molecule has 1 aromatic heterocycles. The molecule has 29 heavy (non-hydrogen) atoms. The van der Waals surface area contributed by atoms with Crippen LogP contribution in [0.1, 0.15) is 11.1 Å². The number of nitrogens with zero attached hydrogens (tertiary/aromatic N) is 2. The second-order valence-corrected chi connectivity index (χ2v) is 5.90. The minimum Gasteiger partial charge on any atom is -0.258 e. The topological polar surface area (TPSA) is 56.0 Å². The third-order valence-electron chi connectivity index (χ3n) is 4.12. The van der Waals surface area contributed by atoms with Crippen molar-refractivity contribution in [2.45, 2.75) is 12.4 Å². The van der Waals surface area contributed by atoms with Gasteiger partial charge < -0.3 is 0 Å². The lowest BCUT2D eigenvalue weighted by molar-refractivity contribution is -0.383. The molecule has 0 saturated heterocycles. The Morgan fingerprint density at radius 1 is 0.724 bits per heavy atom. The van der Waals surface area contributed by atoms with Crippen molar-refractivity contribution in [3.63, 3.8) is 0 Å². The molecule has 0 atom stereocenters. The summed E-state index contributed by atoms with van der Waals surface area (Å²) < 4.78 is 80.2. The summed E-state index contributed by atoms with van der Waals surface area (Å²) in [6.07, 6.45) is -8.72. The van der Waals surface area contributed by atoms with E-state index in [1.807, 2.05) is 0 Å². The highest BCUT2D eigenvalue weighted by Crippen LogP contribution is 2.45. The number of pyridine rings is 1. The molecular formula is C19H10F6N2O2. The van der Waals surface area contributed by atoms with Gasteiger partial charge in [-0.3, -0.25) is 10.1 Å². The summed E-state index contributed by atoms with van der Waals surface area (Å²) in [5.74, 6) is 0. The Hall–Kier alpha value is -3.43. The number of rotatable bonds is 3. The molecule has 0 radical (unpaired) electrons. The van der Waals surface area contributed by atoms with E-state index in [0.29, 0.717) is 0 Å². The average molecular weight is 412 g/mol. The molecular weight excluding hydrogens is 402 g/mol. The van der Waals surface area contributed by atoms with Crippen LogP contribution in [0.15, 0.2) is 60.8 Å². The minimum atomic E-state index is -4.84. The quantitative estimate of drug-likeness (QED) is 0.286. The lowest BCUT2D eigenvalue weighted by Crippen LogP contribution is -2.10. The van der Waals surface area contributed by atoms with Crippen molar-refractivity contribution in [2.24, 2.45) is 0 Å². The van der Waals surface area contributed by atoms with E-state index in [0.717, 1.165) is 48.7 Å². The monoisotopic (exact) mass is 412 g/mol. The van der Waals surface area contributed by atoms with Gasteiger partial charge in [0.05, 0.1) is 21.6 Å². The first kappa shape index (κ1) is 20.3. The smallest absolute Gasteiger partial charge is 0.258 e. The van der Waals surface area contributed by atoms with Crippen LogP contribution in [0.5, 0.6) is 0 Å². The van der Waals surface area contributed by atoms with E-state index >= 15 is 0 Å². The van der Waals surface area contributed by atoms with Crippen LogP contribution in [-0.4, -0.2) is 9.91 Å². The fourth-order valence-corrected chi connectivity index (χ4v) is 2.96. The molecule has 0 unspecified atom stereocenters. The molecule has 0 fully saturated rings. The van der Waals surface area contributed by atoms with Crippen molar-refractivity contribution in [3.8, 4) is 22.4 Å². The molecule has 3 aromatic rings. The fourth-order valence-electron chi connectivity index (χ4n) is 2.96. The predicted octanol–water partition coefficient (Wildman–Crippen LogP) is 6.36. The first-order valence-corrected chi connectivity index (χ1v) is 7.98. The van der Waals surface area contributed by atoms with Gasteiger partial charge in [0, 0.05) is 17.3 Å². The molecule has 0 aliphatic rings. The van der Waals surface area contributed by atoms with Gasteiger partial charge in [0.25, 0.3) is 0 Å². The van der Waals surface area contributed by atoms with Crippen molar-refractivity contribution >= 4 is 5.69 Å². The number of hydrogen-bond acceptors (Lipinski definition) is 3. The normalized spacial score (nSPS) is 12.1. The molecule has 0 aliphatic carbocycles. The fraction of sp³-hybridized carbons (Fsp3) is 0.105. The Bertz CT molecular complexity index is 1000. The SMILES string of the molecule is O=[N+]([O-])c1c(-c2ccccc2C(F)(F)F)ccnc1-c1ccccc1C(F)(F)F. The van der Waals surface area contributed by atoms with Gasteiger partial charge >= 0.3 is 18.0 Å². The summed E-state index contributed by atoms with van der Waals surface area (Å²) in [6, 6.07) is 9.12. The highest BCUT2D eigenvalue weighted by Gasteiger charge is 2.38. The first-order valence-electron chi connectivity index (χ1n) is 7.98. The second-order valence-electron chi connectivity index (χ2n) is 5.90. The molecule has 0 spiro atoms. The first-order chi connectivity index (χ1) is 13.5. The second kappa shape index (κ2) is 7.19. The maximum absolute atomic E-state index is 13.4. The molecule has 0 N–H and O–H groups in total. The van der Waals surface area contributed by atoms with Crippen LogP contribution in [0, 0.1) is 10.1 Å². The Balaban J connectivity index is 2.37. The van der Waals surface area contributed by atoms with Crippen LogP contribution >= 0.6 is 0 Å². The zero-order valence-electron chi connectivity index (χ0n) is 14.3. The van der Waals surface area contributed by atoms with Crippen LogP contribution in [0.4, 0.5) is 32.0 Å². The molecule has 0 aliphatic heterocycles. The molecule has 0 amide bonds. The number of alkyl halides is 6. The molecule has 0 saturated carbocycles. The van der Waals surface area contributed by atoms with Crippen LogP contribution < -0.4 is 0 Å². The number of benzene rings is 2. The number of halogens is 6. The van der Waals surface area contributed by atoms with E-state index in [4.69, 9.17) is 0 Å². The zero-order chi connectivity index (χ0) is 21.4. The molecule has 10 heteroatoms. The van der Waals surface area contributed by atoms with Gasteiger partial charge in [-0.25, -0.2) is 4.98 Å². The maximum Gasteiger partial charge on any atom is 0.417 e. The third-order valence-corrected chi connectivity index (χ3v) is 4.12. The summed E-state index contributed by atoms with van der Waals surface area (Å²) in [6.45, 7) is 0. The van der Waals surface area contributed by atoms with Crippen molar-refractivity contribution in [1.82, 2.24) is 4.98 Å². The predicted molar refractivity (Wildman–Crippen MR) is 91.8 cm³/mol. The van der Waals surface area contributed by atoms with Crippen LogP contribution in [0.2, 0.25) is 0 Å². The largest absolute Gasteiger partial charge is 0.417 e. The molecule has 1 heterocycles. The zero-order valence-corrected chi connectivity index (χ0v) is 14.3. The lowest BCUT2D eigenvalue weighted by atomic mass is 9.95.